The predicted molar refractivity (Wildman–Crippen MR) is 63.0 cm³/mol. The van der Waals surface area contributed by atoms with Crippen LogP contribution in [0.1, 0.15) is 18.9 Å². The number of rotatable bonds is 3. The van der Waals surface area contributed by atoms with Crippen molar-refractivity contribution in [2.45, 2.75) is 13.3 Å². The summed E-state index contributed by atoms with van der Waals surface area (Å²) < 4.78 is 10.6. The van der Waals surface area contributed by atoms with Crippen molar-refractivity contribution < 1.29 is 9.15 Å². The Bertz CT molecular complexity index is 637. The summed E-state index contributed by atoms with van der Waals surface area (Å²) in [5.74, 6) is 0.533. The lowest BCUT2D eigenvalue weighted by molar-refractivity contribution is 0.315. The Hall–Kier alpha value is -2.28. The minimum Gasteiger partial charge on any atom is -0.490 e. The molecule has 4 nitrogen and oxygen atoms in total. The zero-order chi connectivity index (χ0) is 12.3. The molecule has 0 aliphatic carbocycles. The van der Waals surface area contributed by atoms with Gasteiger partial charge in [-0.15, -0.1) is 0 Å². The molecule has 0 saturated carbocycles. The molecule has 1 heterocycles. The summed E-state index contributed by atoms with van der Waals surface area (Å²) in [5, 5.41) is 9.44. The second kappa shape index (κ2) is 4.71. The Kier molecular flexibility index (Phi) is 3.10. The fraction of sp³-hybridized carbons (Fsp3) is 0.231. The van der Waals surface area contributed by atoms with E-state index in [1.54, 1.807) is 24.3 Å². The summed E-state index contributed by atoms with van der Waals surface area (Å²) in [5.41, 5.74) is -0.234. The Morgan fingerprint density at radius 3 is 3.00 bits per heavy atom. The van der Waals surface area contributed by atoms with Crippen LogP contribution in [-0.2, 0) is 0 Å². The quantitative estimate of drug-likeness (QED) is 0.758. The molecule has 0 aliphatic rings. The summed E-state index contributed by atoms with van der Waals surface area (Å²) in [4.78, 5) is 11.4. The van der Waals surface area contributed by atoms with Crippen molar-refractivity contribution in [3.05, 3.63) is 40.2 Å². The van der Waals surface area contributed by atoms with E-state index in [9.17, 15) is 4.79 Å². The number of nitriles is 1. The molecule has 0 bridgehead atoms. The van der Waals surface area contributed by atoms with Gasteiger partial charge in [0.05, 0.1) is 6.61 Å². The molecule has 1 aromatic carbocycles. The topological polar surface area (TPSA) is 63.2 Å². The number of fused-ring (bicyclic) bond motifs is 1. The first kappa shape index (κ1) is 11.2. The maximum Gasteiger partial charge on any atom is 0.354 e. The third-order valence-electron chi connectivity index (χ3n) is 2.31. The highest BCUT2D eigenvalue weighted by atomic mass is 16.5. The molecular weight excluding hydrogens is 218 g/mol. The van der Waals surface area contributed by atoms with Gasteiger partial charge in [0.25, 0.3) is 0 Å². The van der Waals surface area contributed by atoms with E-state index in [-0.39, 0.29) is 5.56 Å². The number of hydrogen-bond acceptors (Lipinski definition) is 4. The van der Waals surface area contributed by atoms with Gasteiger partial charge >= 0.3 is 5.63 Å². The van der Waals surface area contributed by atoms with E-state index in [1.807, 2.05) is 6.92 Å². The minimum absolute atomic E-state index is 0.00476. The lowest BCUT2D eigenvalue weighted by Crippen LogP contribution is -2.04. The zero-order valence-corrected chi connectivity index (χ0v) is 9.40. The molecule has 1 aromatic heterocycles. The van der Waals surface area contributed by atoms with E-state index in [0.717, 1.165) is 6.42 Å². The molecule has 17 heavy (non-hydrogen) atoms. The highest BCUT2D eigenvalue weighted by Crippen LogP contribution is 2.24. The number of benzene rings is 1. The third kappa shape index (κ3) is 2.13. The lowest BCUT2D eigenvalue weighted by atomic mass is 10.2. The van der Waals surface area contributed by atoms with Gasteiger partial charge in [0, 0.05) is 5.39 Å². The Balaban J connectivity index is 2.61. The van der Waals surface area contributed by atoms with Crippen molar-refractivity contribution in [2.75, 3.05) is 6.61 Å². The second-order valence-electron chi connectivity index (χ2n) is 3.58. The minimum atomic E-state index is -0.632. The van der Waals surface area contributed by atoms with Crippen LogP contribution in [0.25, 0.3) is 11.0 Å². The van der Waals surface area contributed by atoms with Crippen LogP contribution in [0.4, 0.5) is 0 Å². The maximum atomic E-state index is 11.4. The van der Waals surface area contributed by atoms with Gasteiger partial charge in [0.15, 0.2) is 11.3 Å². The largest absolute Gasteiger partial charge is 0.490 e. The first-order valence-electron chi connectivity index (χ1n) is 5.36. The summed E-state index contributed by atoms with van der Waals surface area (Å²) in [7, 11) is 0. The lowest BCUT2D eigenvalue weighted by Gasteiger charge is -2.06. The molecule has 0 amide bonds. The van der Waals surface area contributed by atoms with E-state index >= 15 is 0 Å². The van der Waals surface area contributed by atoms with Crippen LogP contribution in [0.3, 0.4) is 0 Å². The van der Waals surface area contributed by atoms with Crippen molar-refractivity contribution in [2.24, 2.45) is 0 Å². The Labute approximate surface area is 98.0 Å². The first-order chi connectivity index (χ1) is 8.26. The van der Waals surface area contributed by atoms with Gasteiger partial charge in [-0.1, -0.05) is 19.1 Å². The Morgan fingerprint density at radius 1 is 1.47 bits per heavy atom. The number of ether oxygens (including phenoxy) is 1. The van der Waals surface area contributed by atoms with Gasteiger partial charge in [-0.2, -0.15) is 5.26 Å². The molecule has 0 atom stereocenters. The highest BCUT2D eigenvalue weighted by Gasteiger charge is 2.08. The van der Waals surface area contributed by atoms with E-state index in [4.69, 9.17) is 14.4 Å². The monoisotopic (exact) mass is 229 g/mol. The fourth-order valence-corrected chi connectivity index (χ4v) is 1.52. The van der Waals surface area contributed by atoms with Crippen molar-refractivity contribution in [1.29, 1.82) is 5.26 Å². The molecule has 0 fully saturated rings. The van der Waals surface area contributed by atoms with Crippen LogP contribution in [0.5, 0.6) is 5.75 Å². The van der Waals surface area contributed by atoms with E-state index in [2.05, 4.69) is 0 Å². The van der Waals surface area contributed by atoms with E-state index in [0.29, 0.717) is 23.3 Å². The predicted octanol–water partition coefficient (Wildman–Crippen LogP) is 2.45. The molecule has 0 radical (unpaired) electrons. The van der Waals surface area contributed by atoms with Crippen molar-refractivity contribution in [3.63, 3.8) is 0 Å². The van der Waals surface area contributed by atoms with Gasteiger partial charge in [-0.05, 0) is 18.6 Å². The first-order valence-corrected chi connectivity index (χ1v) is 5.36. The molecule has 0 saturated heterocycles. The average Bonchev–Trinajstić information content (AvgIpc) is 2.35. The third-order valence-corrected chi connectivity index (χ3v) is 2.31. The average molecular weight is 229 g/mol. The SMILES string of the molecule is CCCOc1cccc2cc(C#N)c(=O)oc12. The molecular formula is C13H11NO3. The van der Waals surface area contributed by atoms with Crippen molar-refractivity contribution >= 4 is 11.0 Å². The molecule has 2 rings (SSSR count). The summed E-state index contributed by atoms with van der Waals surface area (Å²) in [6.45, 7) is 2.55. The molecule has 0 spiro atoms. The molecule has 0 aliphatic heterocycles. The van der Waals surface area contributed by atoms with Gasteiger partial charge in [0.2, 0.25) is 0 Å². The van der Waals surface area contributed by atoms with Crippen LogP contribution in [0.2, 0.25) is 0 Å². The molecule has 2 aromatic rings. The molecule has 86 valence electrons. The summed E-state index contributed by atoms with van der Waals surface area (Å²) in [6.07, 6.45) is 0.872. The smallest absolute Gasteiger partial charge is 0.354 e. The number of hydrogen-bond donors (Lipinski definition) is 0. The van der Waals surface area contributed by atoms with Gasteiger partial charge in [0.1, 0.15) is 11.6 Å². The fourth-order valence-electron chi connectivity index (χ4n) is 1.52. The van der Waals surface area contributed by atoms with Gasteiger partial charge < -0.3 is 9.15 Å². The molecule has 0 N–H and O–H groups in total. The van der Waals surface area contributed by atoms with Crippen molar-refractivity contribution in [1.82, 2.24) is 0 Å². The van der Waals surface area contributed by atoms with E-state index < -0.39 is 5.63 Å². The van der Waals surface area contributed by atoms with Gasteiger partial charge in [-0.3, -0.25) is 0 Å². The van der Waals surface area contributed by atoms with E-state index in [1.165, 1.54) is 6.07 Å². The Morgan fingerprint density at radius 2 is 2.29 bits per heavy atom. The standard InChI is InChI=1S/C13H11NO3/c1-2-6-16-11-5-3-4-9-7-10(8-14)13(15)17-12(9)11/h3-5,7H,2,6H2,1H3. The zero-order valence-electron chi connectivity index (χ0n) is 9.40. The molecule has 0 unspecified atom stereocenters. The summed E-state index contributed by atoms with van der Waals surface area (Å²) >= 11 is 0. The second-order valence-corrected chi connectivity index (χ2v) is 3.58. The van der Waals surface area contributed by atoms with Crippen LogP contribution in [0.15, 0.2) is 33.5 Å². The van der Waals surface area contributed by atoms with Crippen LogP contribution in [0, 0.1) is 11.3 Å². The van der Waals surface area contributed by atoms with Gasteiger partial charge in [-0.25, -0.2) is 4.79 Å². The van der Waals surface area contributed by atoms with Crippen LogP contribution in [-0.4, -0.2) is 6.61 Å². The molecule has 4 heteroatoms. The van der Waals surface area contributed by atoms with Crippen LogP contribution < -0.4 is 10.4 Å². The number of para-hydroxylation sites is 1. The normalized spacial score (nSPS) is 10.1. The summed E-state index contributed by atoms with van der Waals surface area (Å²) in [6, 6.07) is 8.64. The van der Waals surface area contributed by atoms with Crippen molar-refractivity contribution in [3.8, 4) is 11.8 Å². The highest BCUT2D eigenvalue weighted by molar-refractivity contribution is 5.83. The van der Waals surface area contributed by atoms with Crippen LogP contribution >= 0.6 is 0 Å². The number of nitrogens with zero attached hydrogens (tertiary/aromatic N) is 1. The maximum absolute atomic E-state index is 11.4.